The van der Waals surface area contributed by atoms with Gasteiger partial charge in [0.2, 0.25) is 10.0 Å². The van der Waals surface area contributed by atoms with Gasteiger partial charge in [0.1, 0.15) is 18.0 Å². The third-order valence-electron chi connectivity index (χ3n) is 5.84. The largest absolute Gasteiger partial charge is 0.480 e. The summed E-state index contributed by atoms with van der Waals surface area (Å²) in [6.45, 7) is 1.64. The fourth-order valence-corrected chi connectivity index (χ4v) is 5.94. The summed E-state index contributed by atoms with van der Waals surface area (Å²) in [4.78, 5) is 11.1. The molecule has 1 N–H and O–H groups in total. The molecule has 1 atom stereocenters. The summed E-state index contributed by atoms with van der Waals surface area (Å²) in [6, 6.07) is 9.16. The Morgan fingerprint density at radius 3 is 2.68 bits per heavy atom. The highest BCUT2D eigenvalue weighted by Crippen LogP contribution is 2.39. The monoisotopic (exact) mass is 523 g/mol. The van der Waals surface area contributed by atoms with Gasteiger partial charge in [-0.3, -0.25) is 9.48 Å². The summed E-state index contributed by atoms with van der Waals surface area (Å²) >= 11 is 12.6. The Labute approximate surface area is 207 Å². The second kappa shape index (κ2) is 9.58. The van der Waals surface area contributed by atoms with Gasteiger partial charge >= 0.3 is 5.97 Å². The number of carbonyl (C=O) groups is 1. The van der Waals surface area contributed by atoms with Crippen LogP contribution in [0.1, 0.15) is 35.7 Å². The number of sulfonamides is 1. The molecule has 180 valence electrons. The minimum absolute atomic E-state index is 0.0211. The van der Waals surface area contributed by atoms with E-state index in [0.29, 0.717) is 30.0 Å². The van der Waals surface area contributed by atoms with Crippen molar-refractivity contribution in [2.75, 3.05) is 7.05 Å². The molecule has 1 aromatic heterocycles. The Morgan fingerprint density at radius 1 is 1.21 bits per heavy atom. The number of aliphatic carboxylic acids is 1. The van der Waals surface area contributed by atoms with Crippen LogP contribution in [0.3, 0.4) is 0 Å². The first-order chi connectivity index (χ1) is 16.1. The molecule has 1 aliphatic rings. The van der Waals surface area contributed by atoms with Crippen LogP contribution in [-0.4, -0.2) is 40.6 Å². The fourth-order valence-electron chi connectivity index (χ4n) is 4.10. The molecule has 1 aliphatic carbocycles. The number of carboxylic acids is 1. The Hall–Kier alpha value is -2.59. The SMILES string of the molecule is Cc1ccc(Cl)c(Oc2ccc(S(=O)(=O)N(C)[C@@H]3CCCc4c3cnn4CC(=O)O)cc2Cl)c1. The number of hydrogen-bond donors (Lipinski definition) is 1. The smallest absolute Gasteiger partial charge is 0.325 e. The molecule has 4 rings (SSSR count). The molecule has 0 fully saturated rings. The molecular formula is C23H23Cl2N3O5S. The topological polar surface area (TPSA) is 102 Å². The summed E-state index contributed by atoms with van der Waals surface area (Å²) in [6.07, 6.45) is 3.52. The quantitative estimate of drug-likeness (QED) is 0.463. The molecule has 0 aliphatic heterocycles. The van der Waals surface area contributed by atoms with Crippen LogP contribution in [0.15, 0.2) is 47.5 Å². The lowest BCUT2D eigenvalue weighted by atomic mass is 9.93. The predicted molar refractivity (Wildman–Crippen MR) is 128 cm³/mol. The highest BCUT2D eigenvalue weighted by molar-refractivity contribution is 7.89. The van der Waals surface area contributed by atoms with Crippen molar-refractivity contribution in [2.24, 2.45) is 0 Å². The fraction of sp³-hybridized carbons (Fsp3) is 0.304. The van der Waals surface area contributed by atoms with Gasteiger partial charge < -0.3 is 9.84 Å². The molecule has 0 unspecified atom stereocenters. The lowest BCUT2D eigenvalue weighted by Crippen LogP contribution is -2.33. The first-order valence-corrected chi connectivity index (χ1v) is 12.8. The number of fused-ring (bicyclic) bond motifs is 1. The van der Waals surface area contributed by atoms with Gasteiger partial charge in [0.25, 0.3) is 0 Å². The Morgan fingerprint density at radius 2 is 1.97 bits per heavy atom. The maximum absolute atomic E-state index is 13.4. The number of carboxylic acid groups (broad SMARTS) is 1. The second-order valence-electron chi connectivity index (χ2n) is 8.16. The van der Waals surface area contributed by atoms with Crippen molar-refractivity contribution in [2.45, 2.75) is 43.7 Å². The standard InChI is InChI=1S/C23H23Cl2N3O5S/c1-14-6-8-17(24)22(10-14)33-21-9-7-15(11-18(21)25)34(31,32)27(2)19-4-3-5-20-16(19)12-26-28(20)13-23(29)30/h6-12,19H,3-5,13H2,1-2H3,(H,29,30)/t19-/m1/s1. The number of hydrogen-bond acceptors (Lipinski definition) is 5. The van der Waals surface area contributed by atoms with Gasteiger partial charge in [0.15, 0.2) is 0 Å². The molecule has 0 bridgehead atoms. The third-order valence-corrected chi connectivity index (χ3v) is 8.31. The normalized spacial score (nSPS) is 15.9. The van der Waals surface area contributed by atoms with Crippen molar-refractivity contribution in [3.8, 4) is 11.5 Å². The minimum Gasteiger partial charge on any atom is -0.480 e. The van der Waals surface area contributed by atoms with Gasteiger partial charge in [-0.2, -0.15) is 9.40 Å². The predicted octanol–water partition coefficient (Wildman–Crippen LogP) is 5.07. The van der Waals surface area contributed by atoms with Gasteiger partial charge in [-0.25, -0.2) is 8.42 Å². The van der Waals surface area contributed by atoms with Crippen LogP contribution in [0.2, 0.25) is 10.0 Å². The molecule has 2 aromatic carbocycles. The number of halogens is 2. The molecule has 11 heteroatoms. The van der Waals surface area contributed by atoms with E-state index in [4.69, 9.17) is 33.0 Å². The van der Waals surface area contributed by atoms with Crippen LogP contribution >= 0.6 is 23.2 Å². The first kappa shape index (κ1) is 24.5. The van der Waals surface area contributed by atoms with Crippen molar-refractivity contribution in [1.82, 2.24) is 14.1 Å². The van der Waals surface area contributed by atoms with Crippen LogP contribution in [0.5, 0.6) is 11.5 Å². The van der Waals surface area contributed by atoms with E-state index in [1.807, 2.05) is 13.0 Å². The van der Waals surface area contributed by atoms with E-state index in [9.17, 15) is 13.2 Å². The van der Waals surface area contributed by atoms with E-state index in [1.54, 1.807) is 18.3 Å². The highest BCUT2D eigenvalue weighted by atomic mass is 35.5. The zero-order valence-electron chi connectivity index (χ0n) is 18.5. The van der Waals surface area contributed by atoms with Crippen molar-refractivity contribution in [1.29, 1.82) is 0 Å². The molecule has 0 saturated heterocycles. The van der Waals surface area contributed by atoms with E-state index in [-0.39, 0.29) is 22.2 Å². The molecule has 0 amide bonds. The first-order valence-electron chi connectivity index (χ1n) is 10.6. The molecule has 34 heavy (non-hydrogen) atoms. The maximum Gasteiger partial charge on any atom is 0.325 e. The number of aromatic nitrogens is 2. The number of aryl methyl sites for hydroxylation is 1. The van der Waals surface area contributed by atoms with E-state index < -0.39 is 22.0 Å². The zero-order valence-corrected chi connectivity index (χ0v) is 20.9. The maximum atomic E-state index is 13.4. The van der Waals surface area contributed by atoms with Crippen LogP contribution in [-0.2, 0) is 27.8 Å². The Balaban J connectivity index is 1.60. The molecule has 0 saturated carbocycles. The molecule has 1 heterocycles. The Bertz CT molecular complexity index is 1360. The number of ether oxygens (including phenoxy) is 1. The van der Waals surface area contributed by atoms with Gasteiger partial charge in [-0.05, 0) is 62.1 Å². The van der Waals surface area contributed by atoms with Crippen molar-refractivity contribution >= 4 is 39.2 Å². The summed E-state index contributed by atoms with van der Waals surface area (Å²) in [7, 11) is -2.40. The van der Waals surface area contributed by atoms with Crippen molar-refractivity contribution < 1.29 is 23.1 Å². The molecule has 0 radical (unpaired) electrons. The summed E-state index contributed by atoms with van der Waals surface area (Å²) < 4.78 is 35.4. The van der Waals surface area contributed by atoms with Crippen LogP contribution in [0, 0.1) is 6.92 Å². The average Bonchev–Trinajstić information content (AvgIpc) is 3.19. The Kier molecular flexibility index (Phi) is 6.91. The molecule has 0 spiro atoms. The minimum atomic E-state index is -3.91. The summed E-state index contributed by atoms with van der Waals surface area (Å²) in [5, 5.41) is 13.8. The second-order valence-corrected chi connectivity index (χ2v) is 11.0. The molecule has 3 aromatic rings. The third kappa shape index (κ3) is 4.79. The molecular weight excluding hydrogens is 501 g/mol. The van der Waals surface area contributed by atoms with Crippen molar-refractivity contribution in [3.63, 3.8) is 0 Å². The van der Waals surface area contributed by atoms with Gasteiger partial charge in [0.05, 0.1) is 27.2 Å². The number of nitrogens with zero attached hydrogens (tertiary/aromatic N) is 3. The summed E-state index contributed by atoms with van der Waals surface area (Å²) in [5.74, 6) is -0.298. The van der Waals surface area contributed by atoms with Crippen LogP contribution in [0.4, 0.5) is 0 Å². The van der Waals surface area contributed by atoms with Gasteiger partial charge in [-0.1, -0.05) is 29.3 Å². The van der Waals surface area contributed by atoms with E-state index in [2.05, 4.69) is 5.10 Å². The zero-order chi connectivity index (χ0) is 24.6. The lowest BCUT2D eigenvalue weighted by molar-refractivity contribution is -0.137. The van der Waals surface area contributed by atoms with E-state index >= 15 is 0 Å². The number of benzene rings is 2. The number of rotatable bonds is 7. The van der Waals surface area contributed by atoms with Crippen molar-refractivity contribution in [3.05, 3.63) is 69.5 Å². The van der Waals surface area contributed by atoms with Gasteiger partial charge in [0, 0.05) is 18.3 Å². The van der Waals surface area contributed by atoms with Crippen LogP contribution < -0.4 is 4.74 Å². The lowest BCUT2D eigenvalue weighted by Gasteiger charge is -2.31. The highest BCUT2D eigenvalue weighted by Gasteiger charge is 2.34. The van der Waals surface area contributed by atoms with Gasteiger partial charge in [-0.15, -0.1) is 0 Å². The van der Waals surface area contributed by atoms with Crippen LogP contribution in [0.25, 0.3) is 0 Å². The molecule has 8 nitrogen and oxygen atoms in total. The van der Waals surface area contributed by atoms with E-state index in [1.165, 1.54) is 34.2 Å². The average molecular weight is 524 g/mol. The van der Waals surface area contributed by atoms with E-state index in [0.717, 1.165) is 16.8 Å². The summed E-state index contributed by atoms with van der Waals surface area (Å²) in [5.41, 5.74) is 2.42.